The highest BCUT2D eigenvalue weighted by Crippen LogP contribution is 2.49. The quantitative estimate of drug-likeness (QED) is 0.833. The van der Waals surface area contributed by atoms with Gasteiger partial charge in [0.2, 0.25) is 5.91 Å². The minimum absolute atomic E-state index is 0.0335. The van der Waals surface area contributed by atoms with Crippen molar-refractivity contribution in [1.82, 2.24) is 0 Å². The van der Waals surface area contributed by atoms with Crippen molar-refractivity contribution >= 4 is 17.3 Å². The summed E-state index contributed by atoms with van der Waals surface area (Å²) in [6, 6.07) is 12.8. The summed E-state index contributed by atoms with van der Waals surface area (Å²) in [6.45, 7) is 0. The van der Waals surface area contributed by atoms with E-state index >= 15 is 0 Å². The maximum Gasteiger partial charge on any atom is 0.235 e. The van der Waals surface area contributed by atoms with Gasteiger partial charge in [0.15, 0.2) is 0 Å². The van der Waals surface area contributed by atoms with Crippen molar-refractivity contribution in [1.29, 1.82) is 0 Å². The van der Waals surface area contributed by atoms with E-state index in [2.05, 4.69) is 5.32 Å². The number of hydrogen-bond acceptors (Lipinski definition) is 4. The lowest BCUT2D eigenvalue weighted by atomic mass is 9.94. The molecule has 0 aliphatic heterocycles. The summed E-state index contributed by atoms with van der Waals surface area (Å²) < 4.78 is 10.5. The van der Waals surface area contributed by atoms with Gasteiger partial charge in [-0.2, -0.15) is 0 Å². The normalized spacial score (nSPS) is 14.9. The standard InChI is InChI=1S/C18H20N2O3/c1-22-14-7-8-16(23-2)15(11-14)20-17(21)18(9-10-18)12-3-5-13(19)6-4-12/h3-8,11H,9-10,19H2,1-2H3,(H,20,21). The van der Waals surface area contributed by atoms with Crippen molar-refractivity contribution in [2.45, 2.75) is 18.3 Å². The molecule has 0 atom stereocenters. The van der Waals surface area contributed by atoms with E-state index in [4.69, 9.17) is 15.2 Å². The fourth-order valence-corrected chi connectivity index (χ4v) is 2.73. The van der Waals surface area contributed by atoms with Gasteiger partial charge in [0.25, 0.3) is 0 Å². The summed E-state index contributed by atoms with van der Waals surface area (Å²) >= 11 is 0. The van der Waals surface area contributed by atoms with Gasteiger partial charge in [-0.3, -0.25) is 4.79 Å². The summed E-state index contributed by atoms with van der Waals surface area (Å²) in [5, 5.41) is 2.98. The van der Waals surface area contributed by atoms with Crippen LogP contribution in [0.4, 0.5) is 11.4 Å². The van der Waals surface area contributed by atoms with Gasteiger partial charge < -0.3 is 20.5 Å². The predicted octanol–water partition coefficient (Wildman–Crippen LogP) is 2.96. The summed E-state index contributed by atoms with van der Waals surface area (Å²) in [5.41, 5.74) is 7.55. The first-order chi connectivity index (χ1) is 11.1. The van der Waals surface area contributed by atoms with E-state index in [-0.39, 0.29) is 5.91 Å². The molecule has 3 rings (SSSR count). The first-order valence-electron chi connectivity index (χ1n) is 7.48. The third-order valence-corrected chi connectivity index (χ3v) is 4.30. The molecule has 1 aliphatic rings. The number of carbonyl (C=O) groups is 1. The number of methoxy groups -OCH3 is 2. The van der Waals surface area contributed by atoms with Crippen LogP contribution in [-0.4, -0.2) is 20.1 Å². The first-order valence-corrected chi connectivity index (χ1v) is 7.48. The maximum absolute atomic E-state index is 12.8. The van der Waals surface area contributed by atoms with E-state index in [1.165, 1.54) is 0 Å². The molecule has 5 heteroatoms. The van der Waals surface area contributed by atoms with Crippen LogP contribution >= 0.6 is 0 Å². The second-order valence-electron chi connectivity index (χ2n) is 5.72. The molecule has 23 heavy (non-hydrogen) atoms. The zero-order chi connectivity index (χ0) is 16.4. The molecule has 1 amide bonds. The minimum Gasteiger partial charge on any atom is -0.497 e. The highest BCUT2D eigenvalue weighted by Gasteiger charge is 2.51. The van der Waals surface area contributed by atoms with Crippen LogP contribution in [0.1, 0.15) is 18.4 Å². The summed E-state index contributed by atoms with van der Waals surface area (Å²) in [6.07, 6.45) is 1.66. The number of hydrogen-bond donors (Lipinski definition) is 2. The fraction of sp³-hybridized carbons (Fsp3) is 0.278. The van der Waals surface area contributed by atoms with E-state index in [1.54, 1.807) is 32.4 Å². The molecular weight excluding hydrogens is 292 g/mol. The maximum atomic E-state index is 12.8. The van der Waals surface area contributed by atoms with Crippen molar-refractivity contribution in [3.8, 4) is 11.5 Å². The molecule has 0 unspecified atom stereocenters. The molecule has 3 N–H and O–H groups in total. The van der Waals surface area contributed by atoms with Crippen molar-refractivity contribution in [3.05, 3.63) is 48.0 Å². The number of nitrogens with one attached hydrogen (secondary N) is 1. The third-order valence-electron chi connectivity index (χ3n) is 4.30. The Kier molecular flexibility index (Phi) is 3.86. The number of ether oxygens (including phenoxy) is 2. The van der Waals surface area contributed by atoms with Crippen LogP contribution in [-0.2, 0) is 10.2 Å². The van der Waals surface area contributed by atoms with Crippen LogP contribution in [0.3, 0.4) is 0 Å². The molecule has 0 heterocycles. The van der Waals surface area contributed by atoms with Crippen LogP contribution in [0, 0.1) is 0 Å². The number of carbonyl (C=O) groups excluding carboxylic acids is 1. The number of nitrogen functional groups attached to an aromatic ring is 1. The number of anilines is 2. The Hall–Kier alpha value is -2.69. The van der Waals surface area contributed by atoms with Gasteiger partial charge in [0.05, 0.1) is 25.3 Å². The largest absolute Gasteiger partial charge is 0.497 e. The molecule has 1 fully saturated rings. The van der Waals surface area contributed by atoms with E-state index in [1.807, 2.05) is 24.3 Å². The molecular formula is C18H20N2O3. The Morgan fingerprint density at radius 2 is 1.78 bits per heavy atom. The molecule has 1 saturated carbocycles. The fourth-order valence-electron chi connectivity index (χ4n) is 2.73. The van der Waals surface area contributed by atoms with Crippen molar-refractivity contribution in [2.24, 2.45) is 0 Å². The van der Waals surface area contributed by atoms with Gasteiger partial charge in [-0.25, -0.2) is 0 Å². The van der Waals surface area contributed by atoms with Gasteiger partial charge in [-0.05, 0) is 42.7 Å². The third kappa shape index (κ3) is 2.82. The SMILES string of the molecule is COc1ccc(OC)c(NC(=O)C2(c3ccc(N)cc3)CC2)c1. The molecule has 120 valence electrons. The lowest BCUT2D eigenvalue weighted by Gasteiger charge is -2.18. The van der Waals surface area contributed by atoms with Gasteiger partial charge in [0, 0.05) is 11.8 Å². The average molecular weight is 312 g/mol. The van der Waals surface area contributed by atoms with Gasteiger partial charge in [0.1, 0.15) is 11.5 Å². The molecule has 0 saturated heterocycles. The van der Waals surface area contributed by atoms with Crippen LogP contribution in [0.25, 0.3) is 0 Å². The van der Waals surface area contributed by atoms with Crippen molar-refractivity contribution < 1.29 is 14.3 Å². The molecule has 2 aromatic carbocycles. The molecule has 0 aromatic heterocycles. The molecule has 0 spiro atoms. The minimum atomic E-state index is -0.470. The Labute approximate surface area is 135 Å². The zero-order valence-electron chi connectivity index (χ0n) is 13.3. The average Bonchev–Trinajstić information content (AvgIpc) is 3.37. The summed E-state index contributed by atoms with van der Waals surface area (Å²) in [5.74, 6) is 1.24. The Morgan fingerprint density at radius 1 is 1.09 bits per heavy atom. The second-order valence-corrected chi connectivity index (χ2v) is 5.72. The highest BCUT2D eigenvalue weighted by molar-refractivity contribution is 6.02. The number of benzene rings is 2. The Morgan fingerprint density at radius 3 is 2.35 bits per heavy atom. The van der Waals surface area contributed by atoms with E-state index in [0.717, 1.165) is 18.4 Å². The Bertz CT molecular complexity index is 722. The zero-order valence-corrected chi connectivity index (χ0v) is 13.3. The van der Waals surface area contributed by atoms with Crippen LogP contribution in [0.5, 0.6) is 11.5 Å². The van der Waals surface area contributed by atoms with Crippen LogP contribution < -0.4 is 20.5 Å². The molecule has 0 bridgehead atoms. The predicted molar refractivity (Wildman–Crippen MR) is 89.9 cm³/mol. The summed E-state index contributed by atoms with van der Waals surface area (Å²) in [4.78, 5) is 12.8. The highest BCUT2D eigenvalue weighted by atomic mass is 16.5. The van der Waals surface area contributed by atoms with E-state index < -0.39 is 5.41 Å². The molecule has 2 aromatic rings. The van der Waals surface area contributed by atoms with Crippen molar-refractivity contribution in [3.63, 3.8) is 0 Å². The van der Waals surface area contributed by atoms with Gasteiger partial charge in [-0.1, -0.05) is 12.1 Å². The first kappa shape index (κ1) is 15.2. The second kappa shape index (κ2) is 5.83. The van der Waals surface area contributed by atoms with E-state index in [0.29, 0.717) is 22.9 Å². The van der Waals surface area contributed by atoms with Crippen LogP contribution in [0.2, 0.25) is 0 Å². The topological polar surface area (TPSA) is 73.6 Å². The number of rotatable bonds is 5. The number of amides is 1. The number of nitrogens with two attached hydrogens (primary N) is 1. The molecule has 0 radical (unpaired) electrons. The molecule has 1 aliphatic carbocycles. The van der Waals surface area contributed by atoms with E-state index in [9.17, 15) is 4.79 Å². The monoisotopic (exact) mass is 312 g/mol. The lowest BCUT2D eigenvalue weighted by molar-refractivity contribution is -0.118. The Balaban J connectivity index is 1.86. The summed E-state index contributed by atoms with van der Waals surface area (Å²) in [7, 11) is 3.16. The van der Waals surface area contributed by atoms with Crippen LogP contribution in [0.15, 0.2) is 42.5 Å². The van der Waals surface area contributed by atoms with Gasteiger partial charge >= 0.3 is 0 Å². The van der Waals surface area contributed by atoms with Crippen molar-refractivity contribution in [2.75, 3.05) is 25.3 Å². The smallest absolute Gasteiger partial charge is 0.235 e. The van der Waals surface area contributed by atoms with Gasteiger partial charge in [-0.15, -0.1) is 0 Å². The molecule has 5 nitrogen and oxygen atoms in total. The lowest BCUT2D eigenvalue weighted by Crippen LogP contribution is -2.28.